The van der Waals surface area contributed by atoms with Crippen LogP contribution in [0.4, 0.5) is 14.5 Å². The minimum Gasteiger partial charge on any atom is -0.507 e. The van der Waals surface area contributed by atoms with Crippen molar-refractivity contribution in [1.29, 1.82) is 0 Å². The number of benzene rings is 2. The molecule has 0 spiro atoms. The Labute approximate surface area is 208 Å². The van der Waals surface area contributed by atoms with E-state index in [0.29, 0.717) is 11.8 Å². The maximum absolute atomic E-state index is 14.7. The number of aliphatic hydroxyl groups excluding tert-OH is 1. The van der Waals surface area contributed by atoms with Crippen LogP contribution < -0.4 is 14.4 Å². The molecular weight excluding hydrogens is 507 g/mol. The van der Waals surface area contributed by atoms with Gasteiger partial charge in [-0.25, -0.2) is 8.78 Å². The maximum atomic E-state index is 14.7. The van der Waals surface area contributed by atoms with E-state index >= 15 is 0 Å². The number of hydrogen-bond donors (Lipinski definition) is 1. The Kier molecular flexibility index (Phi) is 6.48. The first-order chi connectivity index (χ1) is 16.6. The van der Waals surface area contributed by atoms with Gasteiger partial charge in [0.2, 0.25) is 0 Å². The van der Waals surface area contributed by atoms with Crippen LogP contribution in [-0.2, 0) is 9.59 Å². The second kappa shape index (κ2) is 9.24. The summed E-state index contributed by atoms with van der Waals surface area (Å²) < 4.78 is 44.4. The fourth-order valence-electron chi connectivity index (χ4n) is 3.92. The van der Waals surface area contributed by atoms with E-state index in [1.165, 1.54) is 26.4 Å². The van der Waals surface area contributed by atoms with E-state index in [4.69, 9.17) is 37.1 Å². The lowest BCUT2D eigenvalue weighted by molar-refractivity contribution is -0.132. The molecule has 1 unspecified atom stereocenters. The van der Waals surface area contributed by atoms with Crippen LogP contribution in [0.1, 0.15) is 23.1 Å². The lowest BCUT2D eigenvalue weighted by atomic mass is 9.98. The van der Waals surface area contributed by atoms with Crippen LogP contribution in [0.5, 0.6) is 11.5 Å². The van der Waals surface area contributed by atoms with Gasteiger partial charge in [0.05, 0.1) is 36.1 Å². The van der Waals surface area contributed by atoms with Gasteiger partial charge in [-0.1, -0.05) is 23.2 Å². The molecule has 1 aliphatic rings. The van der Waals surface area contributed by atoms with Crippen molar-refractivity contribution in [3.05, 3.63) is 80.7 Å². The fraction of sp³-hybridized carbons (Fsp3) is 0.167. The van der Waals surface area contributed by atoms with Crippen molar-refractivity contribution in [3.8, 4) is 11.5 Å². The number of methoxy groups -OCH3 is 2. The summed E-state index contributed by atoms with van der Waals surface area (Å²) in [5.41, 5.74) is -0.942. The fourth-order valence-corrected chi connectivity index (χ4v) is 4.61. The predicted octanol–water partition coefficient (Wildman–Crippen LogP) is 5.82. The van der Waals surface area contributed by atoms with Crippen LogP contribution in [0.15, 0.2) is 46.4 Å². The number of carbonyl (C=O) groups excluding carboxylic acids is 2. The predicted molar refractivity (Wildman–Crippen MR) is 124 cm³/mol. The van der Waals surface area contributed by atoms with Crippen LogP contribution >= 0.6 is 23.2 Å². The van der Waals surface area contributed by atoms with Crippen LogP contribution in [-0.4, -0.2) is 31.0 Å². The second-order valence-corrected chi connectivity index (χ2v) is 8.28. The molecule has 1 N–H and O–H groups in total. The smallest absolute Gasteiger partial charge is 0.300 e. The molecule has 182 valence electrons. The van der Waals surface area contributed by atoms with Crippen molar-refractivity contribution in [2.75, 3.05) is 19.1 Å². The average Bonchev–Trinajstić information content (AvgIpc) is 3.34. The summed E-state index contributed by atoms with van der Waals surface area (Å²) >= 11 is 12.5. The molecule has 1 fully saturated rings. The highest BCUT2D eigenvalue weighted by molar-refractivity contribution is 6.52. The summed E-state index contributed by atoms with van der Waals surface area (Å²) in [6, 6.07) is 5.42. The van der Waals surface area contributed by atoms with Gasteiger partial charge in [0, 0.05) is 6.07 Å². The summed E-state index contributed by atoms with van der Waals surface area (Å²) in [7, 11) is 2.60. The molecule has 7 nitrogen and oxygen atoms in total. The van der Waals surface area contributed by atoms with Crippen molar-refractivity contribution in [3.63, 3.8) is 0 Å². The Balaban J connectivity index is 2.02. The molecule has 1 amide bonds. The monoisotopic (exact) mass is 523 g/mol. The third kappa shape index (κ3) is 4.00. The summed E-state index contributed by atoms with van der Waals surface area (Å²) in [6.07, 6.45) is 0. The first kappa shape index (κ1) is 24.6. The summed E-state index contributed by atoms with van der Waals surface area (Å²) in [4.78, 5) is 27.1. The number of Topliss-reactive ketones (excluding diaryl/α,β-unsaturated/α-hetero) is 1. The molecule has 1 aromatic heterocycles. The van der Waals surface area contributed by atoms with Crippen molar-refractivity contribution < 1.29 is 37.4 Å². The van der Waals surface area contributed by atoms with E-state index in [2.05, 4.69) is 0 Å². The Hall–Kier alpha value is -3.56. The zero-order valence-corrected chi connectivity index (χ0v) is 20.0. The molecule has 0 bridgehead atoms. The summed E-state index contributed by atoms with van der Waals surface area (Å²) in [6.45, 7) is 1.63. The number of ketones is 1. The lowest BCUT2D eigenvalue weighted by Gasteiger charge is -2.24. The average molecular weight is 524 g/mol. The van der Waals surface area contributed by atoms with Crippen molar-refractivity contribution in [1.82, 2.24) is 0 Å². The third-order valence-electron chi connectivity index (χ3n) is 5.44. The molecule has 0 saturated carbocycles. The standard InChI is InChI=1S/C24H17Cl2F2NO6/c1-10-4-7-16(35-10)19-17(20(30)12-9-13(25)23(34-3)18(26)22(12)33-2)21(31)24(32)29(19)15-6-5-11(27)8-14(15)28/h4-9,19,30H,1-3H3/b20-17+. The van der Waals surface area contributed by atoms with E-state index in [1.807, 2.05) is 0 Å². The number of furan rings is 1. The Bertz CT molecular complexity index is 1400. The molecular formula is C24H17Cl2F2NO6. The van der Waals surface area contributed by atoms with Crippen LogP contribution in [0.3, 0.4) is 0 Å². The normalized spacial score (nSPS) is 17.2. The van der Waals surface area contributed by atoms with E-state index in [0.717, 1.165) is 17.0 Å². The number of nitrogens with zero attached hydrogens (tertiary/aromatic N) is 1. The van der Waals surface area contributed by atoms with Crippen LogP contribution in [0, 0.1) is 18.6 Å². The third-order valence-corrected chi connectivity index (χ3v) is 6.06. The van der Waals surface area contributed by atoms with Crippen LogP contribution in [0.2, 0.25) is 10.0 Å². The zero-order chi connectivity index (χ0) is 25.6. The Morgan fingerprint density at radius 3 is 2.31 bits per heavy atom. The molecule has 2 aromatic carbocycles. The van der Waals surface area contributed by atoms with E-state index in [1.54, 1.807) is 13.0 Å². The molecule has 4 rings (SSSR count). The molecule has 35 heavy (non-hydrogen) atoms. The van der Waals surface area contributed by atoms with Gasteiger partial charge >= 0.3 is 0 Å². The summed E-state index contributed by atoms with van der Waals surface area (Å²) in [5.74, 6) is -4.51. The largest absolute Gasteiger partial charge is 0.507 e. The number of anilines is 1. The zero-order valence-electron chi connectivity index (χ0n) is 18.5. The van der Waals surface area contributed by atoms with Gasteiger partial charge in [0.1, 0.15) is 40.0 Å². The minimum atomic E-state index is -1.40. The highest BCUT2D eigenvalue weighted by Crippen LogP contribution is 2.48. The molecule has 2 heterocycles. The number of hydrogen-bond acceptors (Lipinski definition) is 6. The molecule has 11 heteroatoms. The summed E-state index contributed by atoms with van der Waals surface area (Å²) in [5, 5.41) is 11.2. The lowest BCUT2D eigenvalue weighted by Crippen LogP contribution is -2.30. The van der Waals surface area contributed by atoms with Gasteiger partial charge in [-0.05, 0) is 37.3 Å². The second-order valence-electron chi connectivity index (χ2n) is 7.50. The number of carbonyl (C=O) groups is 2. The number of rotatable bonds is 5. The highest BCUT2D eigenvalue weighted by atomic mass is 35.5. The van der Waals surface area contributed by atoms with Crippen LogP contribution in [0.25, 0.3) is 5.76 Å². The Morgan fingerprint density at radius 1 is 1.06 bits per heavy atom. The van der Waals surface area contributed by atoms with Gasteiger partial charge in [0.25, 0.3) is 11.7 Å². The first-order valence-corrected chi connectivity index (χ1v) is 10.8. The highest BCUT2D eigenvalue weighted by Gasteiger charge is 2.49. The maximum Gasteiger partial charge on any atom is 0.300 e. The van der Waals surface area contributed by atoms with Gasteiger partial charge in [-0.2, -0.15) is 0 Å². The number of amides is 1. The number of ether oxygens (including phenoxy) is 2. The topological polar surface area (TPSA) is 89.2 Å². The van der Waals surface area contributed by atoms with Gasteiger partial charge in [-0.15, -0.1) is 0 Å². The van der Waals surface area contributed by atoms with Crippen molar-refractivity contribution >= 4 is 46.3 Å². The molecule has 1 saturated heterocycles. The minimum absolute atomic E-state index is 0.0101. The molecule has 0 radical (unpaired) electrons. The van der Waals surface area contributed by atoms with Crippen molar-refractivity contribution in [2.24, 2.45) is 0 Å². The van der Waals surface area contributed by atoms with E-state index in [-0.39, 0.29) is 38.6 Å². The quantitative estimate of drug-likeness (QED) is 0.257. The Morgan fingerprint density at radius 2 is 1.74 bits per heavy atom. The van der Waals surface area contributed by atoms with E-state index < -0.39 is 40.7 Å². The molecule has 1 aliphatic heterocycles. The molecule has 3 aromatic rings. The number of halogens is 4. The molecule has 1 atom stereocenters. The SMILES string of the molecule is COc1c(Cl)cc(/C(O)=C2\C(=O)C(=O)N(c3ccc(F)cc3F)C2c2ccc(C)o2)c(OC)c1Cl. The molecule has 0 aliphatic carbocycles. The number of aliphatic hydroxyl groups is 1. The van der Waals surface area contributed by atoms with Gasteiger partial charge in [0.15, 0.2) is 11.5 Å². The van der Waals surface area contributed by atoms with Gasteiger partial charge in [-0.3, -0.25) is 14.5 Å². The van der Waals surface area contributed by atoms with Gasteiger partial charge < -0.3 is 19.0 Å². The van der Waals surface area contributed by atoms with E-state index in [9.17, 15) is 23.5 Å². The first-order valence-electron chi connectivity index (χ1n) is 10.0. The number of aryl methyl sites for hydroxylation is 1. The van der Waals surface area contributed by atoms with Crippen molar-refractivity contribution in [2.45, 2.75) is 13.0 Å².